The van der Waals surface area contributed by atoms with Gasteiger partial charge in [0.25, 0.3) is 5.56 Å². The van der Waals surface area contributed by atoms with Crippen molar-refractivity contribution in [1.82, 2.24) is 9.97 Å². The molecule has 0 saturated carbocycles. The third-order valence-electron chi connectivity index (χ3n) is 4.40. The molecule has 0 amide bonds. The van der Waals surface area contributed by atoms with Crippen LogP contribution in [0.1, 0.15) is 18.1 Å². The van der Waals surface area contributed by atoms with Crippen molar-refractivity contribution in [3.05, 3.63) is 76.6 Å². The van der Waals surface area contributed by atoms with E-state index in [9.17, 15) is 4.79 Å². The van der Waals surface area contributed by atoms with Crippen molar-refractivity contribution in [2.75, 3.05) is 13.2 Å². The Morgan fingerprint density at radius 3 is 2.79 bits per heavy atom. The molecule has 0 saturated heterocycles. The summed E-state index contributed by atoms with van der Waals surface area (Å²) in [5.41, 5.74) is 1.97. The van der Waals surface area contributed by atoms with Crippen LogP contribution in [0.3, 0.4) is 0 Å². The van der Waals surface area contributed by atoms with Crippen LogP contribution >= 0.6 is 0 Å². The second-order valence-corrected chi connectivity index (χ2v) is 6.28. The minimum Gasteiger partial charge on any atom is -0.490 e. The third kappa shape index (κ3) is 3.36. The van der Waals surface area contributed by atoms with Gasteiger partial charge in [0.1, 0.15) is 18.2 Å². The molecule has 1 N–H and O–H groups in total. The number of rotatable bonds is 6. The van der Waals surface area contributed by atoms with Crippen molar-refractivity contribution >= 4 is 0 Å². The number of H-pyrrole nitrogens is 1. The molecule has 28 heavy (non-hydrogen) atoms. The lowest BCUT2D eigenvalue weighted by molar-refractivity contribution is 0.315. The molecule has 1 aliphatic heterocycles. The molecule has 2 heterocycles. The Hall–Kier alpha value is -3.54. The zero-order chi connectivity index (χ0) is 19.5. The lowest BCUT2D eigenvalue weighted by Gasteiger charge is -2.21. The van der Waals surface area contributed by atoms with Gasteiger partial charge in [-0.25, -0.2) is 0 Å². The Balaban J connectivity index is 1.68. The fraction of sp³-hybridized carbons (Fsp3) is 0.182. The van der Waals surface area contributed by atoms with E-state index in [1.165, 1.54) is 0 Å². The van der Waals surface area contributed by atoms with Gasteiger partial charge in [0.2, 0.25) is 5.88 Å². The number of benzene rings is 2. The van der Waals surface area contributed by atoms with Crippen LogP contribution in [-0.4, -0.2) is 23.2 Å². The summed E-state index contributed by atoms with van der Waals surface area (Å²) in [5, 5.41) is 0. The average molecular weight is 376 g/mol. The quantitative estimate of drug-likeness (QED) is 0.513. The fourth-order valence-electron chi connectivity index (χ4n) is 3.09. The highest BCUT2D eigenvalue weighted by atomic mass is 16.5. The Labute approximate surface area is 162 Å². The normalized spacial score (nSPS) is 11.8. The van der Waals surface area contributed by atoms with Gasteiger partial charge in [0, 0.05) is 17.5 Å². The topological polar surface area (TPSA) is 73.4 Å². The molecule has 2 aromatic carbocycles. The van der Waals surface area contributed by atoms with E-state index in [1.54, 1.807) is 6.08 Å². The molecule has 0 radical (unpaired) electrons. The summed E-state index contributed by atoms with van der Waals surface area (Å²) >= 11 is 0. The van der Waals surface area contributed by atoms with Crippen molar-refractivity contribution in [3.63, 3.8) is 0 Å². The molecule has 6 heteroatoms. The number of ether oxygens (including phenoxy) is 3. The van der Waals surface area contributed by atoms with Gasteiger partial charge in [-0.05, 0) is 37.3 Å². The van der Waals surface area contributed by atoms with Crippen molar-refractivity contribution in [2.24, 2.45) is 0 Å². The molecule has 0 unspecified atom stereocenters. The predicted molar refractivity (Wildman–Crippen MR) is 106 cm³/mol. The van der Waals surface area contributed by atoms with E-state index in [0.29, 0.717) is 48.4 Å². The predicted octanol–water partition coefficient (Wildman–Crippen LogP) is 4.10. The molecule has 1 aliphatic rings. The van der Waals surface area contributed by atoms with Gasteiger partial charge in [-0.3, -0.25) is 4.79 Å². The summed E-state index contributed by atoms with van der Waals surface area (Å²) in [6.07, 6.45) is 2.13. The summed E-state index contributed by atoms with van der Waals surface area (Å²) in [7, 11) is 0. The smallest absolute Gasteiger partial charge is 0.258 e. The second-order valence-electron chi connectivity index (χ2n) is 6.28. The van der Waals surface area contributed by atoms with Gasteiger partial charge < -0.3 is 19.2 Å². The zero-order valence-electron chi connectivity index (χ0n) is 15.5. The van der Waals surface area contributed by atoms with Gasteiger partial charge in [0.05, 0.1) is 12.2 Å². The Bertz CT molecular complexity index is 1070. The van der Waals surface area contributed by atoms with Crippen LogP contribution in [0.2, 0.25) is 0 Å². The number of nitrogens with zero attached hydrogens (tertiary/aromatic N) is 1. The maximum atomic E-state index is 12.6. The first kappa shape index (κ1) is 17.9. The molecular weight excluding hydrogens is 356 g/mol. The lowest BCUT2D eigenvalue weighted by Crippen LogP contribution is -2.20. The molecule has 0 atom stereocenters. The van der Waals surface area contributed by atoms with Crippen molar-refractivity contribution in [2.45, 2.75) is 13.3 Å². The summed E-state index contributed by atoms with van der Waals surface area (Å²) in [6.45, 7) is 6.51. The highest BCUT2D eigenvalue weighted by Gasteiger charge is 2.25. The van der Waals surface area contributed by atoms with Gasteiger partial charge in [-0.1, -0.05) is 24.8 Å². The van der Waals surface area contributed by atoms with Crippen molar-refractivity contribution in [3.8, 4) is 34.5 Å². The van der Waals surface area contributed by atoms with Crippen LogP contribution in [0.5, 0.6) is 23.1 Å². The molecule has 142 valence electrons. The van der Waals surface area contributed by atoms with Crippen LogP contribution in [0.25, 0.3) is 11.4 Å². The molecule has 0 bridgehead atoms. The van der Waals surface area contributed by atoms with Crippen molar-refractivity contribution in [1.29, 1.82) is 0 Å². The Kier molecular flexibility index (Phi) is 4.85. The average Bonchev–Trinajstić information content (AvgIpc) is 2.72. The maximum absolute atomic E-state index is 12.6. The molecule has 0 spiro atoms. The Morgan fingerprint density at radius 1 is 1.21 bits per heavy atom. The lowest BCUT2D eigenvalue weighted by atomic mass is 10.0. The van der Waals surface area contributed by atoms with E-state index in [4.69, 9.17) is 14.2 Å². The molecule has 1 aromatic heterocycles. The van der Waals surface area contributed by atoms with Gasteiger partial charge in [0.15, 0.2) is 11.5 Å². The second kappa shape index (κ2) is 7.60. The molecule has 0 aliphatic carbocycles. The monoisotopic (exact) mass is 376 g/mol. The first-order valence-corrected chi connectivity index (χ1v) is 9.09. The van der Waals surface area contributed by atoms with Crippen LogP contribution in [-0.2, 0) is 6.42 Å². The molecule has 4 rings (SSSR count). The van der Waals surface area contributed by atoms with E-state index in [1.807, 2.05) is 49.4 Å². The number of aromatic nitrogens is 2. The summed E-state index contributed by atoms with van der Waals surface area (Å²) < 4.78 is 17.1. The van der Waals surface area contributed by atoms with E-state index in [0.717, 1.165) is 16.9 Å². The van der Waals surface area contributed by atoms with E-state index < -0.39 is 0 Å². The van der Waals surface area contributed by atoms with Gasteiger partial charge >= 0.3 is 0 Å². The number of hydrogen-bond donors (Lipinski definition) is 1. The number of nitrogens with one attached hydrogen (secondary N) is 1. The molecule has 6 nitrogen and oxygen atoms in total. The largest absolute Gasteiger partial charge is 0.490 e. The number of para-hydroxylation sites is 1. The number of fused-ring (bicyclic) bond motifs is 2. The van der Waals surface area contributed by atoms with Crippen LogP contribution < -0.4 is 19.8 Å². The highest BCUT2D eigenvalue weighted by Crippen LogP contribution is 2.40. The number of aromatic amines is 1. The standard InChI is InChI=1S/C22H20N2O4/c1-3-12-27-16-10-8-14(9-11-16)20-23-21(25)17-13-15-6-5-7-18(26-4-2)19(15)28-22(17)24-20/h3,5-11H,1,4,12-13H2,2H3,(H,23,24,25). The summed E-state index contributed by atoms with van der Waals surface area (Å²) in [6, 6.07) is 13.0. The minimum atomic E-state index is -0.209. The zero-order valence-corrected chi connectivity index (χ0v) is 15.5. The van der Waals surface area contributed by atoms with Crippen LogP contribution in [0, 0.1) is 0 Å². The first-order valence-electron chi connectivity index (χ1n) is 9.09. The number of hydrogen-bond acceptors (Lipinski definition) is 5. The van der Waals surface area contributed by atoms with Crippen molar-refractivity contribution < 1.29 is 14.2 Å². The maximum Gasteiger partial charge on any atom is 0.258 e. The van der Waals surface area contributed by atoms with Gasteiger partial charge in [-0.2, -0.15) is 4.98 Å². The summed E-state index contributed by atoms with van der Waals surface area (Å²) in [5.74, 6) is 2.74. The van der Waals surface area contributed by atoms with Crippen LogP contribution in [0.4, 0.5) is 0 Å². The minimum absolute atomic E-state index is 0.209. The van der Waals surface area contributed by atoms with E-state index >= 15 is 0 Å². The fourth-order valence-corrected chi connectivity index (χ4v) is 3.09. The highest BCUT2D eigenvalue weighted by molar-refractivity contribution is 5.59. The SMILES string of the molecule is C=CCOc1ccc(-c2nc3c(c(=O)[nH]2)Cc2cccc(OCC)c2O3)cc1. The third-order valence-corrected chi connectivity index (χ3v) is 4.40. The summed E-state index contributed by atoms with van der Waals surface area (Å²) in [4.78, 5) is 20.0. The van der Waals surface area contributed by atoms with Gasteiger partial charge in [-0.15, -0.1) is 0 Å². The molecule has 3 aromatic rings. The Morgan fingerprint density at radius 2 is 2.04 bits per heavy atom. The molecule has 0 fully saturated rings. The first-order chi connectivity index (χ1) is 13.7. The van der Waals surface area contributed by atoms with E-state index in [2.05, 4.69) is 16.5 Å². The molecular formula is C22H20N2O4. The van der Waals surface area contributed by atoms with E-state index in [-0.39, 0.29) is 5.56 Å². The van der Waals surface area contributed by atoms with Crippen LogP contribution in [0.15, 0.2) is 59.9 Å².